The average Bonchev–Trinajstić information content (AvgIpc) is 2.85. The van der Waals surface area contributed by atoms with Crippen LogP contribution in [0.4, 0.5) is 0 Å². The van der Waals surface area contributed by atoms with Crippen molar-refractivity contribution in [3.8, 4) is 23.0 Å². The molecule has 0 bridgehead atoms. The highest BCUT2D eigenvalue weighted by atomic mass is 16.5. The third-order valence-electron chi connectivity index (χ3n) is 5.76. The summed E-state index contributed by atoms with van der Waals surface area (Å²) in [6.07, 6.45) is 15.8. The molecule has 2 aromatic carbocycles. The van der Waals surface area contributed by atoms with Gasteiger partial charge in [0.25, 0.3) is 0 Å². The number of methoxy groups -OCH3 is 2. The van der Waals surface area contributed by atoms with Gasteiger partial charge in [0.1, 0.15) is 23.0 Å². The zero-order chi connectivity index (χ0) is 24.4. The summed E-state index contributed by atoms with van der Waals surface area (Å²) in [7, 11) is 3.17. The smallest absolute Gasteiger partial charge is 0.128 e. The minimum Gasteiger partial charge on any atom is -0.507 e. The molecular formula is C28H40N2O4. The number of aromatic hydroxyl groups is 2. The lowest BCUT2D eigenvalue weighted by atomic mass is 10.1. The molecule has 0 aliphatic heterocycles. The summed E-state index contributed by atoms with van der Waals surface area (Å²) >= 11 is 0. The highest BCUT2D eigenvalue weighted by Crippen LogP contribution is 2.22. The van der Waals surface area contributed by atoms with Gasteiger partial charge in [0.15, 0.2) is 0 Å². The Kier molecular flexibility index (Phi) is 13.3. The molecular weight excluding hydrogens is 428 g/mol. The van der Waals surface area contributed by atoms with Crippen LogP contribution in [0, 0.1) is 0 Å². The molecule has 0 saturated carbocycles. The lowest BCUT2D eigenvalue weighted by molar-refractivity contribution is 0.407. The van der Waals surface area contributed by atoms with Gasteiger partial charge in [-0.25, -0.2) is 0 Å². The first-order chi connectivity index (χ1) is 16.6. The molecule has 2 rings (SSSR count). The van der Waals surface area contributed by atoms with Crippen LogP contribution in [0.25, 0.3) is 0 Å². The predicted octanol–water partition coefficient (Wildman–Crippen LogP) is 6.55. The van der Waals surface area contributed by atoms with Crippen LogP contribution >= 0.6 is 0 Å². The Bertz CT molecular complexity index is 822. The molecule has 0 unspecified atom stereocenters. The molecule has 186 valence electrons. The van der Waals surface area contributed by atoms with E-state index in [-0.39, 0.29) is 11.5 Å². The summed E-state index contributed by atoms with van der Waals surface area (Å²) in [5.74, 6) is 1.69. The topological polar surface area (TPSA) is 83.6 Å². The molecule has 0 spiro atoms. The largest absolute Gasteiger partial charge is 0.507 e. The normalized spacial score (nSPS) is 11.5. The Morgan fingerprint density at radius 3 is 1.26 bits per heavy atom. The number of benzene rings is 2. The highest BCUT2D eigenvalue weighted by molar-refractivity contribution is 5.84. The van der Waals surface area contributed by atoms with Gasteiger partial charge in [0.05, 0.1) is 14.2 Å². The number of hydrogen-bond acceptors (Lipinski definition) is 6. The molecule has 0 aromatic heterocycles. The van der Waals surface area contributed by atoms with Gasteiger partial charge in [-0.1, -0.05) is 51.4 Å². The minimum absolute atomic E-state index is 0.199. The van der Waals surface area contributed by atoms with Crippen LogP contribution in [0.15, 0.2) is 46.4 Å². The Labute approximate surface area is 204 Å². The van der Waals surface area contributed by atoms with Crippen LogP contribution in [0.2, 0.25) is 0 Å². The molecule has 0 radical (unpaired) electrons. The van der Waals surface area contributed by atoms with Gasteiger partial charge in [-0.05, 0) is 37.1 Å². The maximum absolute atomic E-state index is 9.92. The molecule has 0 atom stereocenters. The van der Waals surface area contributed by atoms with Gasteiger partial charge in [-0.3, -0.25) is 9.98 Å². The highest BCUT2D eigenvalue weighted by Gasteiger charge is 2.01. The van der Waals surface area contributed by atoms with Gasteiger partial charge >= 0.3 is 0 Å². The zero-order valence-corrected chi connectivity index (χ0v) is 20.7. The Balaban J connectivity index is 1.40. The number of rotatable bonds is 17. The Hall–Kier alpha value is -3.02. The zero-order valence-electron chi connectivity index (χ0n) is 20.7. The van der Waals surface area contributed by atoms with E-state index in [4.69, 9.17) is 9.47 Å². The molecule has 6 nitrogen and oxygen atoms in total. The average molecular weight is 469 g/mol. The van der Waals surface area contributed by atoms with Crippen molar-refractivity contribution >= 4 is 12.4 Å². The van der Waals surface area contributed by atoms with E-state index < -0.39 is 0 Å². The van der Waals surface area contributed by atoms with Crippen LogP contribution in [0.5, 0.6) is 23.0 Å². The lowest BCUT2D eigenvalue weighted by Crippen LogP contribution is -1.89. The van der Waals surface area contributed by atoms with Crippen LogP contribution in [-0.4, -0.2) is 50.0 Å². The van der Waals surface area contributed by atoms with E-state index in [9.17, 15) is 10.2 Å². The number of unbranched alkanes of at least 4 members (excludes halogenated alkanes) is 9. The molecule has 0 saturated heterocycles. The molecule has 6 heteroatoms. The first-order valence-electron chi connectivity index (χ1n) is 12.4. The summed E-state index contributed by atoms with van der Waals surface area (Å²) in [4.78, 5) is 8.84. The van der Waals surface area contributed by atoms with E-state index in [0.29, 0.717) is 11.5 Å². The van der Waals surface area contributed by atoms with E-state index >= 15 is 0 Å². The Morgan fingerprint density at radius 2 is 0.941 bits per heavy atom. The molecule has 0 heterocycles. The van der Waals surface area contributed by atoms with Crippen molar-refractivity contribution in [3.63, 3.8) is 0 Å². The van der Waals surface area contributed by atoms with Crippen molar-refractivity contribution in [2.24, 2.45) is 9.98 Å². The number of phenols is 2. The Morgan fingerprint density at radius 1 is 0.588 bits per heavy atom. The summed E-state index contributed by atoms with van der Waals surface area (Å²) in [5, 5.41) is 19.8. The van der Waals surface area contributed by atoms with Crippen molar-refractivity contribution in [3.05, 3.63) is 47.5 Å². The van der Waals surface area contributed by atoms with Gasteiger partial charge in [0.2, 0.25) is 0 Å². The standard InChI is InChI=1S/C28H40N2O4/c1-33-25-15-13-23(27(31)19-25)21-29-17-11-9-7-5-3-4-6-8-10-12-18-30-22-24-14-16-26(34-2)20-28(24)32/h13-16,19-22,31-32H,3-12,17-18H2,1-2H3/b29-21+,30-22+. The van der Waals surface area contributed by atoms with Crippen molar-refractivity contribution in [1.82, 2.24) is 0 Å². The molecule has 0 aliphatic rings. The summed E-state index contributed by atoms with van der Waals surface area (Å²) in [6.45, 7) is 1.60. The van der Waals surface area contributed by atoms with Crippen molar-refractivity contribution in [2.45, 2.75) is 64.2 Å². The molecule has 0 amide bonds. The fraction of sp³-hybridized carbons (Fsp3) is 0.500. The molecule has 2 N–H and O–H groups in total. The van der Waals surface area contributed by atoms with E-state index in [2.05, 4.69) is 9.98 Å². The van der Waals surface area contributed by atoms with Crippen molar-refractivity contribution in [2.75, 3.05) is 27.3 Å². The second-order valence-electron chi connectivity index (χ2n) is 8.46. The van der Waals surface area contributed by atoms with E-state index in [1.807, 2.05) is 24.3 Å². The summed E-state index contributed by atoms with van der Waals surface area (Å²) in [6, 6.07) is 10.5. The number of hydrogen-bond donors (Lipinski definition) is 2. The fourth-order valence-corrected chi connectivity index (χ4v) is 3.67. The van der Waals surface area contributed by atoms with E-state index in [1.165, 1.54) is 51.4 Å². The molecule has 0 fully saturated rings. The third-order valence-corrected chi connectivity index (χ3v) is 5.76. The van der Waals surface area contributed by atoms with E-state index in [0.717, 1.165) is 37.1 Å². The number of ether oxygens (including phenoxy) is 2. The maximum Gasteiger partial charge on any atom is 0.128 e. The fourth-order valence-electron chi connectivity index (χ4n) is 3.67. The number of aliphatic imine (C=N–C) groups is 2. The third kappa shape index (κ3) is 10.7. The van der Waals surface area contributed by atoms with Crippen molar-refractivity contribution in [1.29, 1.82) is 0 Å². The monoisotopic (exact) mass is 468 g/mol. The van der Waals surface area contributed by atoms with E-state index in [1.54, 1.807) is 38.8 Å². The number of phenolic OH excluding ortho intramolecular Hbond substituents is 2. The van der Waals surface area contributed by atoms with Crippen LogP contribution in [-0.2, 0) is 0 Å². The maximum atomic E-state index is 9.92. The molecule has 2 aromatic rings. The van der Waals surface area contributed by atoms with Gasteiger partial charge in [0, 0.05) is 48.8 Å². The van der Waals surface area contributed by atoms with Crippen LogP contribution in [0.3, 0.4) is 0 Å². The first-order valence-corrected chi connectivity index (χ1v) is 12.4. The minimum atomic E-state index is 0.199. The summed E-state index contributed by atoms with van der Waals surface area (Å²) < 4.78 is 10.2. The second kappa shape index (κ2) is 16.6. The lowest BCUT2D eigenvalue weighted by Gasteiger charge is -2.03. The second-order valence-corrected chi connectivity index (χ2v) is 8.46. The first kappa shape index (κ1) is 27.2. The summed E-state index contributed by atoms with van der Waals surface area (Å²) in [5.41, 5.74) is 1.45. The van der Waals surface area contributed by atoms with Gasteiger partial charge < -0.3 is 19.7 Å². The van der Waals surface area contributed by atoms with Crippen molar-refractivity contribution < 1.29 is 19.7 Å². The van der Waals surface area contributed by atoms with Gasteiger partial charge in [-0.2, -0.15) is 0 Å². The molecule has 0 aliphatic carbocycles. The van der Waals surface area contributed by atoms with Gasteiger partial charge in [-0.15, -0.1) is 0 Å². The van der Waals surface area contributed by atoms with Crippen LogP contribution < -0.4 is 9.47 Å². The quantitative estimate of drug-likeness (QED) is 0.204. The number of nitrogens with zero attached hydrogens (tertiary/aromatic N) is 2. The molecule has 34 heavy (non-hydrogen) atoms. The predicted molar refractivity (Wildman–Crippen MR) is 140 cm³/mol. The van der Waals surface area contributed by atoms with Crippen LogP contribution in [0.1, 0.15) is 75.3 Å². The SMILES string of the molecule is COc1ccc(/C=N/CCCCCCCCCCCC/N=C/c2ccc(OC)cc2O)c(O)c1.